The maximum atomic E-state index is 13.0. The lowest BCUT2D eigenvalue weighted by atomic mass is 9.91. The Morgan fingerprint density at radius 3 is 2.66 bits per heavy atom. The number of carbonyl (C=O) groups excluding carboxylic acids is 2. The van der Waals surface area contributed by atoms with Gasteiger partial charge in [0.2, 0.25) is 17.8 Å². The van der Waals surface area contributed by atoms with Gasteiger partial charge >= 0.3 is 0 Å². The van der Waals surface area contributed by atoms with E-state index in [1.807, 2.05) is 32.0 Å². The van der Waals surface area contributed by atoms with Crippen molar-refractivity contribution in [1.82, 2.24) is 9.97 Å². The zero-order chi connectivity index (χ0) is 20.5. The van der Waals surface area contributed by atoms with Gasteiger partial charge in [-0.1, -0.05) is 6.07 Å². The highest BCUT2D eigenvalue weighted by molar-refractivity contribution is 6.05. The first kappa shape index (κ1) is 19.2. The second kappa shape index (κ2) is 7.69. The second-order valence-electron chi connectivity index (χ2n) is 7.81. The first-order valence-electron chi connectivity index (χ1n) is 10.0. The Labute approximate surface area is 169 Å². The topological polar surface area (TPSA) is 113 Å². The number of aryl methyl sites for hydroxylation is 2. The fourth-order valence-corrected chi connectivity index (χ4v) is 3.89. The van der Waals surface area contributed by atoms with Crippen LogP contribution >= 0.6 is 0 Å². The number of anilines is 4. The highest BCUT2D eigenvalue weighted by atomic mass is 16.2. The number of rotatable bonds is 3. The minimum Gasteiger partial charge on any atom is -0.383 e. The molecule has 0 spiro atoms. The molecule has 0 bridgehead atoms. The van der Waals surface area contributed by atoms with Gasteiger partial charge in [-0.05, 0) is 56.4 Å². The van der Waals surface area contributed by atoms with Crippen LogP contribution in [0.4, 0.5) is 23.3 Å². The first-order valence-corrected chi connectivity index (χ1v) is 10.0. The number of benzene rings is 1. The minimum atomic E-state index is -0.726. The van der Waals surface area contributed by atoms with E-state index in [0.29, 0.717) is 23.0 Å². The number of hydrogen-bond acceptors (Lipinski definition) is 6. The van der Waals surface area contributed by atoms with Crippen LogP contribution in [0, 0.1) is 13.8 Å². The molecule has 2 aliphatic heterocycles. The van der Waals surface area contributed by atoms with Crippen molar-refractivity contribution in [2.75, 3.05) is 34.4 Å². The van der Waals surface area contributed by atoms with E-state index in [0.717, 1.165) is 37.1 Å². The van der Waals surface area contributed by atoms with E-state index in [1.165, 1.54) is 6.42 Å². The van der Waals surface area contributed by atoms with Gasteiger partial charge in [0.15, 0.2) is 0 Å². The molecule has 2 amide bonds. The van der Waals surface area contributed by atoms with Gasteiger partial charge in [0, 0.05) is 25.2 Å². The second-order valence-corrected chi connectivity index (χ2v) is 7.81. The quantitative estimate of drug-likeness (QED) is 0.738. The van der Waals surface area contributed by atoms with E-state index >= 15 is 0 Å². The van der Waals surface area contributed by atoms with Gasteiger partial charge in [-0.2, -0.15) is 9.97 Å². The van der Waals surface area contributed by atoms with Crippen LogP contribution in [-0.4, -0.2) is 34.9 Å². The summed E-state index contributed by atoms with van der Waals surface area (Å²) in [4.78, 5) is 36.4. The molecule has 4 N–H and O–H groups in total. The van der Waals surface area contributed by atoms with E-state index in [9.17, 15) is 9.59 Å². The summed E-state index contributed by atoms with van der Waals surface area (Å²) in [6.07, 6.45) is 3.36. The van der Waals surface area contributed by atoms with Crippen molar-refractivity contribution < 1.29 is 9.59 Å². The lowest BCUT2D eigenvalue weighted by Crippen LogP contribution is -2.35. The van der Waals surface area contributed by atoms with E-state index in [-0.39, 0.29) is 24.1 Å². The summed E-state index contributed by atoms with van der Waals surface area (Å²) in [5.41, 5.74) is 9.66. The lowest BCUT2D eigenvalue weighted by Gasteiger charge is -2.30. The van der Waals surface area contributed by atoms with Gasteiger partial charge in [0.1, 0.15) is 11.6 Å². The summed E-state index contributed by atoms with van der Waals surface area (Å²) < 4.78 is 0. The first-order chi connectivity index (χ1) is 13.9. The molecular formula is C21H26N6O2. The maximum absolute atomic E-state index is 13.0. The molecule has 4 rings (SSSR count). The van der Waals surface area contributed by atoms with Crippen molar-refractivity contribution in [1.29, 1.82) is 0 Å². The Morgan fingerprint density at radius 1 is 1.17 bits per heavy atom. The third-order valence-electron chi connectivity index (χ3n) is 5.69. The van der Waals surface area contributed by atoms with Crippen molar-refractivity contribution >= 4 is 35.1 Å². The van der Waals surface area contributed by atoms with Gasteiger partial charge in [-0.25, -0.2) is 0 Å². The predicted octanol–water partition coefficient (Wildman–Crippen LogP) is 2.73. The Bertz CT molecular complexity index is 968. The van der Waals surface area contributed by atoms with Crippen LogP contribution in [0.3, 0.4) is 0 Å². The van der Waals surface area contributed by atoms with E-state index < -0.39 is 5.92 Å². The predicted molar refractivity (Wildman–Crippen MR) is 113 cm³/mol. The van der Waals surface area contributed by atoms with Crippen LogP contribution in [0.25, 0.3) is 0 Å². The smallest absolute Gasteiger partial charge is 0.232 e. The van der Waals surface area contributed by atoms with Crippen LogP contribution in [0.2, 0.25) is 0 Å². The summed E-state index contributed by atoms with van der Waals surface area (Å²) in [7, 11) is 0. The number of piperidine rings is 1. The molecule has 8 nitrogen and oxygen atoms in total. The molecule has 0 aliphatic carbocycles. The van der Waals surface area contributed by atoms with Crippen LogP contribution in [-0.2, 0) is 9.59 Å². The molecule has 1 atom stereocenters. The third kappa shape index (κ3) is 3.87. The van der Waals surface area contributed by atoms with E-state index in [2.05, 4.69) is 25.5 Å². The minimum absolute atomic E-state index is 0.0142. The Morgan fingerprint density at radius 2 is 1.93 bits per heavy atom. The Hall–Kier alpha value is -3.16. The summed E-state index contributed by atoms with van der Waals surface area (Å²) in [6.45, 7) is 5.73. The summed E-state index contributed by atoms with van der Waals surface area (Å²) in [5, 5.41) is 5.67. The third-order valence-corrected chi connectivity index (χ3v) is 5.69. The summed E-state index contributed by atoms with van der Waals surface area (Å²) in [6, 6.07) is 5.72. The van der Waals surface area contributed by atoms with Crippen molar-refractivity contribution in [2.24, 2.45) is 0 Å². The molecule has 1 unspecified atom stereocenters. The molecule has 2 aliphatic rings. The number of amides is 2. The summed E-state index contributed by atoms with van der Waals surface area (Å²) >= 11 is 0. The zero-order valence-corrected chi connectivity index (χ0v) is 16.8. The summed E-state index contributed by atoms with van der Waals surface area (Å²) in [5.74, 6) is -0.164. The lowest BCUT2D eigenvalue weighted by molar-refractivity contribution is -0.123. The molecule has 0 saturated carbocycles. The van der Waals surface area contributed by atoms with Crippen molar-refractivity contribution in [3.8, 4) is 0 Å². The zero-order valence-electron chi connectivity index (χ0n) is 16.8. The van der Waals surface area contributed by atoms with Crippen molar-refractivity contribution in [3.05, 3.63) is 34.9 Å². The van der Waals surface area contributed by atoms with Crippen molar-refractivity contribution in [3.63, 3.8) is 0 Å². The molecular weight excluding hydrogens is 368 g/mol. The number of nitrogen functional groups attached to an aromatic ring is 1. The highest BCUT2D eigenvalue weighted by Gasteiger charge is 2.35. The van der Waals surface area contributed by atoms with Crippen LogP contribution < -0.4 is 21.3 Å². The number of fused-ring (bicyclic) bond motifs is 1. The average molecular weight is 394 g/mol. The molecule has 1 aromatic carbocycles. The molecule has 8 heteroatoms. The van der Waals surface area contributed by atoms with Crippen LogP contribution in [0.15, 0.2) is 18.2 Å². The molecule has 1 aromatic heterocycles. The van der Waals surface area contributed by atoms with Gasteiger partial charge in [0.05, 0.1) is 11.5 Å². The molecule has 0 radical (unpaired) electrons. The number of nitrogens with two attached hydrogens (primary N) is 1. The van der Waals surface area contributed by atoms with Crippen LogP contribution in [0.5, 0.6) is 0 Å². The number of aromatic nitrogens is 2. The number of carbonyl (C=O) groups is 2. The largest absolute Gasteiger partial charge is 0.383 e. The number of nitrogens with one attached hydrogen (secondary N) is 2. The highest BCUT2D eigenvalue weighted by Crippen LogP contribution is 2.37. The normalized spacial score (nSPS) is 18.8. The molecule has 1 fully saturated rings. The maximum Gasteiger partial charge on any atom is 0.232 e. The van der Waals surface area contributed by atoms with E-state index in [4.69, 9.17) is 5.73 Å². The SMILES string of the molecule is Cc1ccc(NC(=O)C2CC(=O)Nc3nc(N4CCCCC4)nc(N)c32)cc1C. The Kier molecular flexibility index (Phi) is 5.08. The van der Waals surface area contributed by atoms with Crippen LogP contribution in [0.1, 0.15) is 48.3 Å². The monoisotopic (exact) mass is 394 g/mol. The molecule has 1 saturated heterocycles. The number of nitrogens with zero attached hydrogens (tertiary/aromatic N) is 3. The Balaban J connectivity index is 1.63. The standard InChI is InChI=1S/C21H26N6O2/c1-12-6-7-14(10-13(12)2)23-20(29)15-11-16(28)24-19-17(15)18(22)25-21(26-19)27-8-4-3-5-9-27/h6-7,10,15H,3-5,8-9,11H2,1-2H3,(H,23,29)(H3,22,24,25,26,28). The fraction of sp³-hybridized carbons (Fsp3) is 0.429. The van der Waals surface area contributed by atoms with Gasteiger partial charge in [-0.15, -0.1) is 0 Å². The number of hydrogen-bond donors (Lipinski definition) is 3. The van der Waals surface area contributed by atoms with E-state index in [1.54, 1.807) is 0 Å². The molecule has 3 heterocycles. The molecule has 152 valence electrons. The van der Waals surface area contributed by atoms with Gasteiger partial charge in [0.25, 0.3) is 0 Å². The van der Waals surface area contributed by atoms with Crippen molar-refractivity contribution in [2.45, 2.75) is 45.4 Å². The average Bonchev–Trinajstić information content (AvgIpc) is 2.70. The van der Waals surface area contributed by atoms with Gasteiger partial charge < -0.3 is 21.3 Å². The molecule has 29 heavy (non-hydrogen) atoms. The van der Waals surface area contributed by atoms with Gasteiger partial charge in [-0.3, -0.25) is 9.59 Å². The molecule has 2 aromatic rings. The fourth-order valence-electron chi connectivity index (χ4n) is 3.89.